The first-order chi connectivity index (χ1) is 5.52. The number of esters is 1. The van der Waals surface area contributed by atoms with Crippen molar-refractivity contribution in [3.63, 3.8) is 0 Å². The molecule has 1 unspecified atom stereocenters. The highest BCUT2D eigenvalue weighted by Crippen LogP contribution is 2.11. The molecule has 4 heteroatoms. The predicted molar refractivity (Wildman–Crippen MR) is 54.9 cm³/mol. The van der Waals surface area contributed by atoms with E-state index in [1.807, 2.05) is 0 Å². The topological polar surface area (TPSA) is 52.3 Å². The summed E-state index contributed by atoms with van der Waals surface area (Å²) < 4.78 is 4.96. The molecule has 0 aromatic carbocycles. The molecule has 0 spiro atoms. The van der Waals surface area contributed by atoms with Crippen molar-refractivity contribution in [2.24, 2.45) is 5.73 Å². The van der Waals surface area contributed by atoms with Crippen LogP contribution >= 0.6 is 10.9 Å². The zero-order valence-corrected chi connectivity index (χ0v) is 8.93. The number of hydrogen-bond donors (Lipinski definition) is 2. The Morgan fingerprint density at radius 3 is 2.58 bits per heavy atom. The monoisotopic (exact) mass is 193 g/mol. The molecule has 0 aromatic heterocycles. The van der Waals surface area contributed by atoms with Crippen molar-refractivity contribution in [1.29, 1.82) is 0 Å². The minimum atomic E-state index is -0.179. The zero-order valence-electron chi connectivity index (χ0n) is 8.04. The van der Waals surface area contributed by atoms with Gasteiger partial charge in [-0.05, 0) is 19.4 Å². The van der Waals surface area contributed by atoms with Gasteiger partial charge in [0.1, 0.15) is 0 Å². The van der Waals surface area contributed by atoms with E-state index in [1.165, 1.54) is 0 Å². The molecular weight excluding hydrogens is 174 g/mol. The zero-order chi connectivity index (χ0) is 9.56. The second-order valence-electron chi connectivity index (χ2n) is 3.21. The van der Waals surface area contributed by atoms with Gasteiger partial charge in [0.25, 0.3) is 0 Å². The van der Waals surface area contributed by atoms with Crippen LogP contribution in [-0.2, 0) is 9.53 Å². The fourth-order valence-corrected chi connectivity index (χ4v) is 1.12. The summed E-state index contributed by atoms with van der Waals surface area (Å²) in [5.74, 6) is 0.807. The molecule has 0 amide bonds. The van der Waals surface area contributed by atoms with Gasteiger partial charge in [0.15, 0.2) is 0 Å². The van der Waals surface area contributed by atoms with Gasteiger partial charge in [0, 0.05) is 11.8 Å². The van der Waals surface area contributed by atoms with E-state index in [-0.39, 0.29) is 22.9 Å². The van der Waals surface area contributed by atoms with E-state index in [2.05, 4.69) is 12.5 Å². The lowest BCUT2D eigenvalue weighted by Crippen LogP contribution is -2.21. The molecule has 0 heterocycles. The van der Waals surface area contributed by atoms with Crippen LogP contribution in [0.15, 0.2) is 0 Å². The summed E-state index contributed by atoms with van der Waals surface area (Å²) in [6, 6.07) is -0.0951. The van der Waals surface area contributed by atoms with Crippen LogP contribution in [0.2, 0.25) is 0 Å². The molecule has 0 fully saturated rings. The van der Waals surface area contributed by atoms with Gasteiger partial charge < -0.3 is 10.5 Å². The van der Waals surface area contributed by atoms with Crippen LogP contribution in [0.3, 0.4) is 0 Å². The lowest BCUT2D eigenvalue weighted by atomic mass is 10.3. The number of carbonyl (C=O) groups is 1. The normalized spacial score (nSPS) is 13.8. The highest BCUT2D eigenvalue weighted by molar-refractivity contribution is 8.15. The average Bonchev–Trinajstić information content (AvgIpc) is 1.84. The third-order valence-electron chi connectivity index (χ3n) is 1.29. The Labute approximate surface area is 77.0 Å². The van der Waals surface area contributed by atoms with E-state index in [9.17, 15) is 4.79 Å². The number of nitrogens with two attached hydrogens (primary N) is 1. The Morgan fingerprint density at radius 1 is 1.58 bits per heavy atom. The smallest absolute Gasteiger partial charge is 0.307 e. The van der Waals surface area contributed by atoms with E-state index in [1.54, 1.807) is 6.92 Å². The molecule has 0 aromatic rings. The van der Waals surface area contributed by atoms with Gasteiger partial charge in [-0.25, -0.2) is 0 Å². The third-order valence-corrected chi connectivity index (χ3v) is 2.37. The Morgan fingerprint density at radius 2 is 2.17 bits per heavy atom. The minimum Gasteiger partial charge on any atom is -0.465 e. The molecule has 0 saturated carbocycles. The molecule has 0 aliphatic heterocycles. The minimum absolute atomic E-state index is 0.0401. The molecule has 1 atom stereocenters. The number of hydrogen-bond acceptors (Lipinski definition) is 3. The largest absolute Gasteiger partial charge is 0.465 e. The molecule has 0 bridgehead atoms. The van der Waals surface area contributed by atoms with Gasteiger partial charge in [0.2, 0.25) is 0 Å². The van der Waals surface area contributed by atoms with Gasteiger partial charge in [-0.15, -0.1) is 0 Å². The summed E-state index contributed by atoms with van der Waals surface area (Å²) in [6.45, 7) is 2.35. The van der Waals surface area contributed by atoms with Gasteiger partial charge >= 0.3 is 5.97 Å². The lowest BCUT2D eigenvalue weighted by Gasteiger charge is -2.10. The summed E-state index contributed by atoms with van der Waals surface area (Å²) in [5, 5.41) is 0. The molecule has 12 heavy (non-hydrogen) atoms. The first-order valence-corrected chi connectivity index (χ1v) is 6.50. The summed E-state index contributed by atoms with van der Waals surface area (Å²) in [4.78, 5) is 10.9. The highest BCUT2D eigenvalue weighted by Gasteiger charge is 2.05. The van der Waals surface area contributed by atoms with Crippen LogP contribution < -0.4 is 5.73 Å². The number of ether oxygens (including phenoxy) is 1. The number of rotatable bonds is 5. The molecule has 2 N–H and O–H groups in total. The summed E-state index contributed by atoms with van der Waals surface area (Å²) in [7, 11) is 0.0401. The predicted octanol–water partition coefficient (Wildman–Crippen LogP) is 0.528. The van der Waals surface area contributed by atoms with Crippen LogP contribution in [0, 0.1) is 0 Å². The van der Waals surface area contributed by atoms with Crippen molar-refractivity contribution in [3.8, 4) is 0 Å². The van der Waals surface area contributed by atoms with Crippen molar-refractivity contribution in [2.45, 2.75) is 19.4 Å². The Bertz CT molecular complexity index is 137. The summed E-state index contributed by atoms with van der Waals surface area (Å²) in [5.41, 5.74) is 5.43. The van der Waals surface area contributed by atoms with E-state index < -0.39 is 0 Å². The maximum atomic E-state index is 10.9. The number of carbonyl (C=O) groups excluding carboxylic acids is 1. The van der Waals surface area contributed by atoms with E-state index >= 15 is 0 Å². The Balaban J connectivity index is 3.32. The maximum absolute atomic E-state index is 10.9. The SMILES string of the molecule is CC(N)CC(=O)OCC[SH](C)C. The van der Waals surface area contributed by atoms with E-state index in [0.29, 0.717) is 13.0 Å². The molecular formula is C8H19NO2S. The average molecular weight is 193 g/mol. The Hall–Kier alpha value is -0.220. The first kappa shape index (κ1) is 11.8. The van der Waals surface area contributed by atoms with Crippen molar-refractivity contribution in [2.75, 3.05) is 24.9 Å². The van der Waals surface area contributed by atoms with Gasteiger partial charge in [-0.1, -0.05) is 0 Å². The standard InChI is InChI=1S/C8H19NO2S/c1-7(9)6-8(10)11-4-5-12(2)3/h7,12H,4-6,9H2,1-3H3. The molecule has 0 aliphatic carbocycles. The van der Waals surface area contributed by atoms with Crippen LogP contribution in [-0.4, -0.2) is 36.9 Å². The fourth-order valence-electron chi connectivity index (χ4n) is 0.664. The van der Waals surface area contributed by atoms with Gasteiger partial charge in [0.05, 0.1) is 13.0 Å². The second kappa shape index (κ2) is 6.31. The molecule has 0 aliphatic rings. The molecule has 0 rings (SSSR count). The maximum Gasteiger partial charge on any atom is 0.307 e. The van der Waals surface area contributed by atoms with E-state index in [0.717, 1.165) is 5.75 Å². The molecule has 0 saturated heterocycles. The highest BCUT2D eigenvalue weighted by atomic mass is 32.2. The van der Waals surface area contributed by atoms with Crippen LogP contribution in [0.1, 0.15) is 13.3 Å². The van der Waals surface area contributed by atoms with Crippen LogP contribution in [0.4, 0.5) is 0 Å². The molecule has 3 nitrogen and oxygen atoms in total. The van der Waals surface area contributed by atoms with E-state index in [4.69, 9.17) is 10.5 Å². The number of thiol groups is 1. The third kappa shape index (κ3) is 7.88. The molecule has 0 radical (unpaired) electrons. The lowest BCUT2D eigenvalue weighted by molar-refractivity contribution is -0.143. The fraction of sp³-hybridized carbons (Fsp3) is 0.875. The Kier molecular flexibility index (Phi) is 6.20. The first-order valence-electron chi connectivity index (χ1n) is 4.08. The van der Waals surface area contributed by atoms with Crippen LogP contribution in [0.5, 0.6) is 0 Å². The summed E-state index contributed by atoms with van der Waals surface area (Å²) >= 11 is 0. The second-order valence-corrected chi connectivity index (χ2v) is 5.81. The van der Waals surface area contributed by atoms with Crippen molar-refractivity contribution >= 4 is 16.9 Å². The van der Waals surface area contributed by atoms with Crippen LogP contribution in [0.25, 0.3) is 0 Å². The van der Waals surface area contributed by atoms with Crippen molar-refractivity contribution in [3.05, 3.63) is 0 Å². The summed E-state index contributed by atoms with van der Waals surface area (Å²) in [6.07, 6.45) is 4.65. The molecule has 74 valence electrons. The van der Waals surface area contributed by atoms with Crippen molar-refractivity contribution < 1.29 is 9.53 Å². The van der Waals surface area contributed by atoms with Gasteiger partial charge in [-0.3, -0.25) is 15.7 Å². The van der Waals surface area contributed by atoms with Gasteiger partial charge in [-0.2, -0.15) is 0 Å². The quantitative estimate of drug-likeness (QED) is 0.494. The van der Waals surface area contributed by atoms with Crippen molar-refractivity contribution in [1.82, 2.24) is 0 Å².